The second-order valence-electron chi connectivity index (χ2n) is 9.73. The molecule has 6 aromatic rings. The van der Waals surface area contributed by atoms with Crippen molar-refractivity contribution < 1.29 is 0 Å². The van der Waals surface area contributed by atoms with E-state index in [1.54, 1.807) is 0 Å². The third-order valence-electron chi connectivity index (χ3n) is 7.23. The van der Waals surface area contributed by atoms with E-state index in [2.05, 4.69) is 95.2 Å². The quantitative estimate of drug-likeness (QED) is 0.253. The molecule has 0 atom stereocenters. The van der Waals surface area contributed by atoms with Gasteiger partial charge in [0.05, 0.1) is 5.69 Å². The molecule has 0 unspecified atom stereocenters. The molecule has 0 saturated heterocycles. The number of aromatic nitrogens is 1. The van der Waals surface area contributed by atoms with E-state index in [0.29, 0.717) is 0 Å². The van der Waals surface area contributed by atoms with Gasteiger partial charge in [0.15, 0.2) is 6.17 Å². The molecule has 190 valence electrons. The normalized spacial score (nSPS) is 13.4. The van der Waals surface area contributed by atoms with Crippen molar-refractivity contribution in [3.8, 4) is 22.4 Å². The molecule has 0 aliphatic carbocycles. The molecule has 2 heterocycles. The lowest BCUT2D eigenvalue weighted by Crippen LogP contribution is -2.36. The molecule has 4 nitrogen and oxygen atoms in total. The molecule has 0 amide bonds. The second-order valence-corrected chi connectivity index (χ2v) is 9.73. The monoisotopic (exact) mass is 514 g/mol. The van der Waals surface area contributed by atoms with Crippen LogP contribution in [0.4, 0.5) is 0 Å². The molecule has 0 saturated carbocycles. The Labute approximate surface area is 233 Å². The minimum atomic E-state index is -0.378. The summed E-state index contributed by atoms with van der Waals surface area (Å²) < 4.78 is 0. The molecule has 1 N–H and O–H groups in total. The third kappa shape index (κ3) is 4.56. The van der Waals surface area contributed by atoms with Crippen molar-refractivity contribution >= 4 is 22.4 Å². The van der Waals surface area contributed by atoms with Gasteiger partial charge in [-0.1, -0.05) is 127 Å². The van der Waals surface area contributed by atoms with E-state index in [4.69, 9.17) is 9.98 Å². The van der Waals surface area contributed by atoms with E-state index in [0.717, 1.165) is 50.6 Å². The van der Waals surface area contributed by atoms with Crippen LogP contribution in [0.1, 0.15) is 22.9 Å². The minimum absolute atomic E-state index is 0.378. The fourth-order valence-corrected chi connectivity index (χ4v) is 5.23. The summed E-state index contributed by atoms with van der Waals surface area (Å²) >= 11 is 0. The fourth-order valence-electron chi connectivity index (χ4n) is 5.23. The first-order valence-electron chi connectivity index (χ1n) is 13.4. The van der Waals surface area contributed by atoms with E-state index in [1.807, 2.05) is 60.8 Å². The van der Waals surface area contributed by atoms with Gasteiger partial charge in [0.2, 0.25) is 0 Å². The Bertz CT molecular complexity index is 1790. The first-order chi connectivity index (χ1) is 19.8. The van der Waals surface area contributed by atoms with Gasteiger partial charge >= 0.3 is 0 Å². The van der Waals surface area contributed by atoms with Crippen molar-refractivity contribution in [1.82, 2.24) is 10.3 Å². The average Bonchev–Trinajstić information content (AvgIpc) is 3.05. The molecule has 40 heavy (non-hydrogen) atoms. The van der Waals surface area contributed by atoms with Crippen LogP contribution in [-0.2, 0) is 0 Å². The zero-order valence-electron chi connectivity index (χ0n) is 21.8. The Morgan fingerprint density at radius 3 is 1.65 bits per heavy atom. The van der Waals surface area contributed by atoms with Crippen LogP contribution in [0.5, 0.6) is 0 Å². The topological polar surface area (TPSA) is 49.6 Å². The summed E-state index contributed by atoms with van der Waals surface area (Å²) in [6.07, 6.45) is 1.45. The average molecular weight is 515 g/mol. The predicted octanol–water partition coefficient (Wildman–Crippen LogP) is 8.06. The highest BCUT2D eigenvalue weighted by atomic mass is 15.2. The largest absolute Gasteiger partial charge is 0.324 e. The summed E-state index contributed by atoms with van der Waals surface area (Å²) in [4.78, 5) is 14.7. The lowest BCUT2D eigenvalue weighted by Gasteiger charge is -2.23. The summed E-state index contributed by atoms with van der Waals surface area (Å²) in [7, 11) is 0. The number of amidine groups is 2. The van der Waals surface area contributed by atoms with Crippen LogP contribution >= 0.6 is 0 Å². The fraction of sp³-hybridized carbons (Fsp3) is 0.0278. The van der Waals surface area contributed by atoms with E-state index in [1.165, 1.54) is 10.9 Å². The Morgan fingerprint density at radius 1 is 0.450 bits per heavy atom. The Hall–Kier alpha value is -5.35. The number of pyridine rings is 1. The maximum absolute atomic E-state index is 5.11. The number of nitrogens with zero attached hydrogens (tertiary/aromatic N) is 3. The van der Waals surface area contributed by atoms with Gasteiger partial charge in [0.25, 0.3) is 0 Å². The molecule has 1 aromatic heterocycles. The van der Waals surface area contributed by atoms with Crippen LogP contribution in [0.2, 0.25) is 0 Å². The van der Waals surface area contributed by atoms with Gasteiger partial charge < -0.3 is 5.32 Å². The SMILES string of the molecule is c1ccc(C2=NC(c3ccc(-c4ccc(-c5ccccn5)cc4)c4ccccc34)N=C(c3ccccc3)N2)cc1. The molecule has 7 rings (SSSR count). The number of hydrogen-bond donors (Lipinski definition) is 1. The first kappa shape index (κ1) is 23.7. The number of aliphatic imine (C=N–C) groups is 2. The number of benzene rings is 5. The zero-order chi connectivity index (χ0) is 26.7. The predicted molar refractivity (Wildman–Crippen MR) is 164 cm³/mol. The van der Waals surface area contributed by atoms with E-state index >= 15 is 0 Å². The van der Waals surface area contributed by atoms with Gasteiger partial charge in [-0.2, -0.15) is 0 Å². The Balaban J connectivity index is 1.33. The van der Waals surface area contributed by atoms with Crippen molar-refractivity contribution in [1.29, 1.82) is 0 Å². The number of hydrogen-bond acceptors (Lipinski definition) is 4. The molecule has 4 heteroatoms. The molecule has 0 bridgehead atoms. The molecule has 5 aromatic carbocycles. The molecule has 1 aliphatic heterocycles. The van der Waals surface area contributed by atoms with Crippen molar-refractivity contribution in [2.45, 2.75) is 6.17 Å². The van der Waals surface area contributed by atoms with Gasteiger partial charge in [-0.25, -0.2) is 9.98 Å². The number of rotatable bonds is 5. The summed E-state index contributed by atoms with van der Waals surface area (Å²) in [5, 5.41) is 5.81. The van der Waals surface area contributed by atoms with Crippen LogP contribution in [0.15, 0.2) is 156 Å². The smallest absolute Gasteiger partial charge is 0.170 e. The van der Waals surface area contributed by atoms with Crippen LogP contribution in [0, 0.1) is 0 Å². The van der Waals surface area contributed by atoms with Gasteiger partial charge in [0.1, 0.15) is 11.7 Å². The maximum atomic E-state index is 5.11. The summed E-state index contributed by atoms with van der Waals surface area (Å²) in [5.74, 6) is 1.63. The second kappa shape index (κ2) is 10.4. The van der Waals surface area contributed by atoms with Crippen molar-refractivity contribution in [3.63, 3.8) is 0 Å². The summed E-state index contributed by atoms with van der Waals surface area (Å²) in [6, 6.07) is 48.0. The van der Waals surface area contributed by atoms with Crippen molar-refractivity contribution in [3.05, 3.63) is 162 Å². The number of nitrogens with one attached hydrogen (secondary N) is 1. The first-order valence-corrected chi connectivity index (χ1v) is 13.4. The van der Waals surface area contributed by atoms with Gasteiger partial charge in [-0.3, -0.25) is 4.98 Å². The Morgan fingerprint density at radius 2 is 1.02 bits per heavy atom. The maximum Gasteiger partial charge on any atom is 0.170 e. The van der Waals surface area contributed by atoms with Gasteiger partial charge in [-0.05, 0) is 34.0 Å². The van der Waals surface area contributed by atoms with Crippen molar-refractivity contribution in [2.24, 2.45) is 9.98 Å². The molecule has 0 spiro atoms. The van der Waals surface area contributed by atoms with Gasteiger partial charge in [0, 0.05) is 28.5 Å². The van der Waals surface area contributed by atoms with Crippen LogP contribution < -0.4 is 5.32 Å². The Kier molecular flexibility index (Phi) is 6.19. The highest BCUT2D eigenvalue weighted by Crippen LogP contribution is 2.36. The minimum Gasteiger partial charge on any atom is -0.324 e. The van der Waals surface area contributed by atoms with E-state index in [-0.39, 0.29) is 6.17 Å². The molecule has 1 aliphatic rings. The zero-order valence-corrected chi connectivity index (χ0v) is 21.8. The highest BCUT2D eigenvalue weighted by Gasteiger charge is 2.22. The molecule has 0 fully saturated rings. The molecular weight excluding hydrogens is 488 g/mol. The van der Waals surface area contributed by atoms with E-state index < -0.39 is 0 Å². The highest BCUT2D eigenvalue weighted by molar-refractivity contribution is 6.16. The third-order valence-corrected chi connectivity index (χ3v) is 7.23. The van der Waals surface area contributed by atoms with Crippen LogP contribution in [0.3, 0.4) is 0 Å². The summed E-state index contributed by atoms with van der Waals surface area (Å²) in [6.45, 7) is 0. The lowest BCUT2D eigenvalue weighted by molar-refractivity contribution is 0.762. The standard InChI is InChI=1S/C36H26N4/c1-3-11-27(12-4-1)34-38-35(28-13-5-2-6-14-28)40-36(39-34)32-23-22-29(30-15-7-8-16-31(30)32)25-18-20-26(21-19-25)33-17-9-10-24-37-33/h1-24,36H,(H,38,39,40). The van der Waals surface area contributed by atoms with Crippen molar-refractivity contribution in [2.75, 3.05) is 0 Å². The van der Waals surface area contributed by atoms with E-state index in [9.17, 15) is 0 Å². The number of fused-ring (bicyclic) bond motifs is 1. The lowest BCUT2D eigenvalue weighted by atomic mass is 9.93. The van der Waals surface area contributed by atoms with Crippen LogP contribution in [0.25, 0.3) is 33.2 Å². The van der Waals surface area contributed by atoms with Crippen LogP contribution in [-0.4, -0.2) is 16.7 Å². The van der Waals surface area contributed by atoms with Gasteiger partial charge in [-0.15, -0.1) is 0 Å². The molecular formula is C36H26N4. The summed E-state index contributed by atoms with van der Waals surface area (Å²) in [5.41, 5.74) is 7.56. The molecule has 0 radical (unpaired) electrons.